The predicted octanol–water partition coefficient (Wildman–Crippen LogP) is 3.57. The van der Waals surface area contributed by atoms with E-state index in [1.54, 1.807) is 0 Å². The number of nitrogens with zero attached hydrogens (tertiary/aromatic N) is 2. The molecule has 1 aromatic carbocycles. The summed E-state index contributed by atoms with van der Waals surface area (Å²) in [6, 6.07) is 6.25. The lowest BCUT2D eigenvalue weighted by molar-refractivity contribution is 0.0846. The number of rotatable bonds is 3. The first-order valence-corrected chi connectivity index (χ1v) is 8.95. The fourth-order valence-electron chi connectivity index (χ4n) is 3.61. The molecule has 126 valence electrons. The molecule has 2 aliphatic heterocycles. The van der Waals surface area contributed by atoms with Crippen LogP contribution >= 0.6 is 11.6 Å². The fraction of sp³-hybridized carbons (Fsp3) is 0.611. The van der Waals surface area contributed by atoms with Crippen LogP contribution in [0.4, 0.5) is 4.79 Å². The van der Waals surface area contributed by atoms with Crippen molar-refractivity contribution in [2.75, 3.05) is 32.8 Å². The summed E-state index contributed by atoms with van der Waals surface area (Å²) in [7, 11) is 0. The molecule has 0 radical (unpaired) electrons. The molecule has 1 fully saturated rings. The SMILES string of the molecule is CCOC(=O)N1CCC(CN2CCc3cc(Cl)ccc3C2)CC1. The Balaban J connectivity index is 1.48. The van der Waals surface area contributed by atoms with Gasteiger partial charge in [0.05, 0.1) is 6.61 Å². The van der Waals surface area contributed by atoms with E-state index in [1.165, 1.54) is 11.1 Å². The van der Waals surface area contributed by atoms with Crippen LogP contribution in [-0.2, 0) is 17.7 Å². The number of piperidine rings is 1. The second-order valence-corrected chi connectivity index (χ2v) is 6.96. The molecule has 23 heavy (non-hydrogen) atoms. The lowest BCUT2D eigenvalue weighted by atomic mass is 9.94. The first kappa shape index (κ1) is 16.6. The zero-order chi connectivity index (χ0) is 16.2. The van der Waals surface area contributed by atoms with Gasteiger partial charge in [-0.25, -0.2) is 4.79 Å². The number of carbonyl (C=O) groups is 1. The summed E-state index contributed by atoms with van der Waals surface area (Å²) in [5.41, 5.74) is 2.80. The van der Waals surface area contributed by atoms with E-state index in [0.29, 0.717) is 12.5 Å². The van der Waals surface area contributed by atoms with Crippen molar-refractivity contribution in [2.24, 2.45) is 5.92 Å². The maximum atomic E-state index is 11.7. The van der Waals surface area contributed by atoms with Crippen LogP contribution in [0.25, 0.3) is 0 Å². The second-order valence-electron chi connectivity index (χ2n) is 6.53. The minimum Gasteiger partial charge on any atom is -0.450 e. The van der Waals surface area contributed by atoms with E-state index >= 15 is 0 Å². The number of halogens is 1. The van der Waals surface area contributed by atoms with Crippen LogP contribution in [0.2, 0.25) is 5.02 Å². The number of benzene rings is 1. The molecule has 2 aliphatic rings. The predicted molar refractivity (Wildman–Crippen MR) is 91.8 cm³/mol. The van der Waals surface area contributed by atoms with Gasteiger partial charge in [-0.1, -0.05) is 17.7 Å². The van der Waals surface area contributed by atoms with Crippen molar-refractivity contribution in [3.05, 3.63) is 34.3 Å². The summed E-state index contributed by atoms with van der Waals surface area (Å²) in [4.78, 5) is 16.1. The number of fused-ring (bicyclic) bond motifs is 1. The van der Waals surface area contributed by atoms with Gasteiger partial charge in [0, 0.05) is 37.7 Å². The lowest BCUT2D eigenvalue weighted by Crippen LogP contribution is -2.42. The standard InChI is InChI=1S/C18H25ClN2O2/c1-2-23-18(22)21-9-5-14(6-10-21)12-20-8-7-15-11-17(19)4-3-16(15)13-20/h3-4,11,14H,2,5-10,12-13H2,1H3. The average Bonchev–Trinajstić information content (AvgIpc) is 2.56. The van der Waals surface area contributed by atoms with Gasteiger partial charge >= 0.3 is 6.09 Å². The van der Waals surface area contributed by atoms with E-state index in [4.69, 9.17) is 16.3 Å². The van der Waals surface area contributed by atoms with Crippen LogP contribution in [0, 0.1) is 5.92 Å². The third-order valence-electron chi connectivity index (χ3n) is 4.92. The van der Waals surface area contributed by atoms with Crippen molar-refractivity contribution in [3.63, 3.8) is 0 Å². The van der Waals surface area contributed by atoms with Gasteiger partial charge in [-0.05, 0) is 55.4 Å². The Bertz CT molecular complexity index is 556. The third kappa shape index (κ3) is 4.18. The molecule has 0 N–H and O–H groups in total. The van der Waals surface area contributed by atoms with Crippen molar-refractivity contribution >= 4 is 17.7 Å². The molecule has 0 aromatic heterocycles. The van der Waals surface area contributed by atoms with Crippen molar-refractivity contribution < 1.29 is 9.53 Å². The summed E-state index contributed by atoms with van der Waals surface area (Å²) in [5.74, 6) is 0.675. The van der Waals surface area contributed by atoms with Crippen LogP contribution in [0.1, 0.15) is 30.9 Å². The molecule has 5 heteroatoms. The largest absolute Gasteiger partial charge is 0.450 e. The van der Waals surface area contributed by atoms with Gasteiger partial charge in [0.15, 0.2) is 0 Å². The highest BCUT2D eigenvalue weighted by Crippen LogP contribution is 2.25. The van der Waals surface area contributed by atoms with Crippen LogP contribution in [0.3, 0.4) is 0 Å². The van der Waals surface area contributed by atoms with Gasteiger partial charge in [0.1, 0.15) is 0 Å². The summed E-state index contributed by atoms with van der Waals surface area (Å²) in [5, 5.41) is 0.837. The molecule has 4 nitrogen and oxygen atoms in total. The highest BCUT2D eigenvalue weighted by molar-refractivity contribution is 6.30. The molecule has 0 saturated carbocycles. The Morgan fingerprint density at radius 3 is 2.78 bits per heavy atom. The molecule has 0 spiro atoms. The number of hydrogen-bond donors (Lipinski definition) is 0. The van der Waals surface area contributed by atoms with E-state index in [9.17, 15) is 4.79 Å². The van der Waals surface area contributed by atoms with Crippen LogP contribution in [0.15, 0.2) is 18.2 Å². The number of amides is 1. The highest BCUT2D eigenvalue weighted by atomic mass is 35.5. The normalized spacial score (nSPS) is 19.5. The van der Waals surface area contributed by atoms with E-state index in [1.807, 2.05) is 17.9 Å². The Morgan fingerprint density at radius 1 is 1.26 bits per heavy atom. The van der Waals surface area contributed by atoms with Gasteiger partial charge in [-0.3, -0.25) is 4.90 Å². The summed E-state index contributed by atoms with van der Waals surface area (Å²) < 4.78 is 5.08. The smallest absolute Gasteiger partial charge is 0.409 e. The molecule has 0 aliphatic carbocycles. The summed E-state index contributed by atoms with van der Waals surface area (Å²) in [6.07, 6.45) is 3.07. The molecule has 1 saturated heterocycles. The molecular formula is C18H25ClN2O2. The van der Waals surface area contributed by atoms with Gasteiger partial charge in [0.25, 0.3) is 0 Å². The highest BCUT2D eigenvalue weighted by Gasteiger charge is 2.26. The lowest BCUT2D eigenvalue weighted by Gasteiger charge is -2.36. The molecule has 3 rings (SSSR count). The molecule has 0 atom stereocenters. The third-order valence-corrected chi connectivity index (χ3v) is 5.15. The number of carbonyl (C=O) groups excluding carboxylic acids is 1. The van der Waals surface area contributed by atoms with Crippen molar-refractivity contribution in [3.8, 4) is 0 Å². The molecule has 0 unspecified atom stereocenters. The van der Waals surface area contributed by atoms with E-state index < -0.39 is 0 Å². The van der Waals surface area contributed by atoms with Crippen LogP contribution in [0.5, 0.6) is 0 Å². The second kappa shape index (κ2) is 7.54. The Labute approximate surface area is 143 Å². The minimum absolute atomic E-state index is 0.158. The van der Waals surface area contributed by atoms with Gasteiger partial charge < -0.3 is 9.64 Å². The minimum atomic E-state index is -0.158. The van der Waals surface area contributed by atoms with Crippen LogP contribution in [-0.4, -0.2) is 48.7 Å². The Kier molecular flexibility index (Phi) is 5.44. The van der Waals surface area contributed by atoms with Crippen molar-refractivity contribution in [1.82, 2.24) is 9.80 Å². The van der Waals surface area contributed by atoms with E-state index in [2.05, 4.69) is 17.0 Å². The maximum Gasteiger partial charge on any atom is 0.409 e. The molecule has 1 amide bonds. The molecule has 2 heterocycles. The topological polar surface area (TPSA) is 32.8 Å². The quantitative estimate of drug-likeness (QED) is 0.846. The first-order chi connectivity index (χ1) is 11.2. The zero-order valence-electron chi connectivity index (χ0n) is 13.8. The number of ether oxygens (including phenoxy) is 1. The number of hydrogen-bond acceptors (Lipinski definition) is 3. The number of likely N-dealkylation sites (tertiary alicyclic amines) is 1. The Morgan fingerprint density at radius 2 is 2.04 bits per heavy atom. The Hall–Kier alpha value is -1.26. The monoisotopic (exact) mass is 336 g/mol. The van der Waals surface area contributed by atoms with E-state index in [-0.39, 0.29) is 6.09 Å². The van der Waals surface area contributed by atoms with Gasteiger partial charge in [-0.2, -0.15) is 0 Å². The van der Waals surface area contributed by atoms with Crippen molar-refractivity contribution in [2.45, 2.75) is 32.7 Å². The molecular weight excluding hydrogens is 312 g/mol. The van der Waals surface area contributed by atoms with E-state index in [0.717, 1.165) is 57.0 Å². The zero-order valence-corrected chi connectivity index (χ0v) is 14.5. The van der Waals surface area contributed by atoms with Gasteiger partial charge in [-0.15, -0.1) is 0 Å². The van der Waals surface area contributed by atoms with Gasteiger partial charge in [0.2, 0.25) is 0 Å². The molecule has 0 bridgehead atoms. The van der Waals surface area contributed by atoms with Crippen molar-refractivity contribution in [1.29, 1.82) is 0 Å². The summed E-state index contributed by atoms with van der Waals surface area (Å²) >= 11 is 6.07. The molecule has 1 aromatic rings. The first-order valence-electron chi connectivity index (χ1n) is 8.57. The average molecular weight is 337 g/mol. The fourth-order valence-corrected chi connectivity index (χ4v) is 3.81. The summed E-state index contributed by atoms with van der Waals surface area (Å²) in [6.45, 7) is 7.20. The van der Waals surface area contributed by atoms with Crippen LogP contribution < -0.4 is 0 Å². The maximum absolute atomic E-state index is 11.7.